The second kappa shape index (κ2) is 16.2. The molecule has 0 atom stereocenters. The summed E-state index contributed by atoms with van der Waals surface area (Å²) in [5.74, 6) is -5.71. The molecule has 1 aliphatic carbocycles. The number of amides is 2. The number of aliphatic carboxylic acids is 2. The van der Waals surface area contributed by atoms with Gasteiger partial charge in [0.2, 0.25) is 5.91 Å². The number of anilines is 1. The molecule has 0 spiro atoms. The van der Waals surface area contributed by atoms with Crippen LogP contribution in [0.25, 0.3) is 5.69 Å². The van der Waals surface area contributed by atoms with E-state index in [1.807, 2.05) is 42.5 Å². The molecule has 1 aromatic heterocycles. The van der Waals surface area contributed by atoms with Crippen LogP contribution in [0.2, 0.25) is 0 Å². The number of hydrogen-bond acceptors (Lipinski definition) is 6. The molecule has 1 aliphatic rings. The summed E-state index contributed by atoms with van der Waals surface area (Å²) < 4.78 is 65.1. The van der Waals surface area contributed by atoms with Crippen molar-refractivity contribution in [3.63, 3.8) is 0 Å². The van der Waals surface area contributed by atoms with Crippen LogP contribution in [0.15, 0.2) is 67.0 Å². The van der Waals surface area contributed by atoms with Crippen LogP contribution in [0.5, 0.6) is 0 Å². The van der Waals surface area contributed by atoms with Gasteiger partial charge in [-0.15, -0.1) is 0 Å². The van der Waals surface area contributed by atoms with Gasteiger partial charge in [-0.2, -0.15) is 31.4 Å². The Hall–Kier alpha value is -4.93. The lowest BCUT2D eigenvalue weighted by molar-refractivity contribution is -0.193. The molecule has 1 fully saturated rings. The lowest BCUT2D eigenvalue weighted by Crippen LogP contribution is -2.40. The van der Waals surface area contributed by atoms with Crippen molar-refractivity contribution in [3.05, 3.63) is 78.1 Å². The zero-order chi connectivity index (χ0) is 33.8. The Morgan fingerprint density at radius 3 is 1.96 bits per heavy atom. The minimum absolute atomic E-state index is 0.0918. The summed E-state index contributed by atoms with van der Waals surface area (Å²) in [7, 11) is 0. The van der Waals surface area contributed by atoms with Crippen molar-refractivity contribution in [2.75, 3.05) is 5.32 Å². The molecule has 244 valence electrons. The average molecular weight is 646 g/mol. The monoisotopic (exact) mass is 645 g/mol. The van der Waals surface area contributed by atoms with Crippen molar-refractivity contribution in [2.45, 2.75) is 56.5 Å². The number of nitrogens with one attached hydrogen (secondary N) is 2. The maximum atomic E-state index is 12.7. The maximum absolute atomic E-state index is 12.7. The third-order valence-corrected chi connectivity index (χ3v) is 6.04. The molecular weight excluding hydrogens is 616 g/mol. The molecule has 6 N–H and O–H groups in total. The summed E-state index contributed by atoms with van der Waals surface area (Å²) in [5, 5.41) is 24.5. The Morgan fingerprint density at radius 1 is 0.867 bits per heavy atom. The minimum atomic E-state index is -5.08. The van der Waals surface area contributed by atoms with Gasteiger partial charge in [-0.25, -0.2) is 14.3 Å². The molecular formula is C28H29F6N5O6. The van der Waals surface area contributed by atoms with Gasteiger partial charge in [0.15, 0.2) is 0 Å². The van der Waals surface area contributed by atoms with Crippen molar-refractivity contribution in [2.24, 2.45) is 5.73 Å². The summed E-state index contributed by atoms with van der Waals surface area (Å²) in [4.78, 5) is 42.7. The molecule has 0 aliphatic heterocycles. The zero-order valence-corrected chi connectivity index (χ0v) is 23.3. The summed E-state index contributed by atoms with van der Waals surface area (Å²) in [6.07, 6.45) is -2.82. The van der Waals surface area contributed by atoms with Crippen molar-refractivity contribution in [3.8, 4) is 5.69 Å². The quantitative estimate of drug-likeness (QED) is 0.246. The number of nitrogens with two attached hydrogens (primary N) is 1. The summed E-state index contributed by atoms with van der Waals surface area (Å²) in [6.45, 7) is 0. The molecule has 1 heterocycles. The molecule has 0 unspecified atom stereocenters. The van der Waals surface area contributed by atoms with Gasteiger partial charge in [0.25, 0.3) is 5.91 Å². The van der Waals surface area contributed by atoms with Crippen molar-refractivity contribution >= 4 is 29.4 Å². The van der Waals surface area contributed by atoms with E-state index in [1.165, 1.54) is 0 Å². The number of rotatable bonds is 6. The predicted octanol–water partition coefficient (Wildman–Crippen LogP) is 4.32. The van der Waals surface area contributed by atoms with Gasteiger partial charge in [-0.3, -0.25) is 9.59 Å². The van der Waals surface area contributed by atoms with Gasteiger partial charge in [0, 0.05) is 17.6 Å². The fourth-order valence-electron chi connectivity index (χ4n) is 3.84. The van der Waals surface area contributed by atoms with Crippen LogP contribution in [-0.2, 0) is 20.8 Å². The molecule has 45 heavy (non-hydrogen) atoms. The largest absolute Gasteiger partial charge is 0.490 e. The molecule has 2 amide bonds. The maximum Gasteiger partial charge on any atom is 0.490 e. The van der Waals surface area contributed by atoms with Crippen LogP contribution in [-0.4, -0.2) is 68.2 Å². The highest BCUT2D eigenvalue weighted by Gasteiger charge is 2.38. The molecule has 4 rings (SSSR count). The van der Waals surface area contributed by atoms with Crippen LogP contribution in [0.3, 0.4) is 0 Å². The first kappa shape index (κ1) is 36.3. The summed E-state index contributed by atoms with van der Waals surface area (Å²) in [5.41, 5.74) is 8.83. The lowest BCUT2D eigenvalue weighted by atomic mass is 9.91. The molecule has 2 aromatic carbocycles. The van der Waals surface area contributed by atoms with Crippen molar-refractivity contribution in [1.82, 2.24) is 15.1 Å². The van der Waals surface area contributed by atoms with Gasteiger partial charge in [-0.05, 0) is 49.4 Å². The Balaban J connectivity index is 0.000000421. The van der Waals surface area contributed by atoms with E-state index >= 15 is 0 Å². The van der Waals surface area contributed by atoms with Crippen molar-refractivity contribution < 1.29 is 55.7 Å². The van der Waals surface area contributed by atoms with Crippen molar-refractivity contribution in [1.29, 1.82) is 0 Å². The van der Waals surface area contributed by atoms with E-state index in [2.05, 4.69) is 15.7 Å². The molecule has 3 aromatic rings. The normalized spacial score (nSPS) is 16.2. The Kier molecular flexibility index (Phi) is 13.1. The van der Waals surface area contributed by atoms with Crippen LogP contribution in [0.1, 0.15) is 41.6 Å². The van der Waals surface area contributed by atoms with Crippen LogP contribution < -0.4 is 16.4 Å². The number of carbonyl (C=O) groups excluding carboxylic acids is 2. The molecule has 1 saturated carbocycles. The zero-order valence-electron chi connectivity index (χ0n) is 23.3. The average Bonchev–Trinajstić information content (AvgIpc) is 3.43. The van der Waals surface area contributed by atoms with Gasteiger partial charge in [0.1, 0.15) is 0 Å². The van der Waals surface area contributed by atoms with E-state index in [4.69, 9.17) is 25.5 Å². The smallest absolute Gasteiger partial charge is 0.475 e. The number of nitrogens with zero attached hydrogens (tertiary/aromatic N) is 2. The molecule has 0 bridgehead atoms. The summed E-state index contributed by atoms with van der Waals surface area (Å²) in [6, 6.07) is 17.3. The number of carboxylic acid groups (broad SMARTS) is 2. The fraction of sp³-hybridized carbons (Fsp3) is 0.321. The van der Waals surface area contributed by atoms with E-state index in [1.54, 1.807) is 29.2 Å². The van der Waals surface area contributed by atoms with Gasteiger partial charge < -0.3 is 26.6 Å². The van der Waals surface area contributed by atoms with E-state index in [0.717, 1.165) is 36.9 Å². The Morgan fingerprint density at radius 2 is 1.42 bits per heavy atom. The number of carboxylic acids is 2. The van der Waals surface area contributed by atoms with Crippen LogP contribution in [0.4, 0.5) is 32.0 Å². The second-order valence-electron chi connectivity index (χ2n) is 9.63. The molecule has 0 radical (unpaired) electrons. The van der Waals surface area contributed by atoms with Crippen LogP contribution in [0, 0.1) is 0 Å². The molecule has 0 saturated heterocycles. The SMILES string of the molecule is NC1CCC(NC(=O)c2cccc(-n3cc(NC(=O)Cc4ccccc4)cn3)c2)CC1.O=C(O)C(F)(F)F.O=C(O)C(F)(F)F. The topological polar surface area (TPSA) is 177 Å². The van der Waals surface area contributed by atoms with Gasteiger partial charge in [-0.1, -0.05) is 36.4 Å². The van der Waals surface area contributed by atoms with E-state index < -0.39 is 24.3 Å². The number of halogens is 6. The van der Waals surface area contributed by atoms with E-state index in [0.29, 0.717) is 17.7 Å². The van der Waals surface area contributed by atoms with E-state index in [-0.39, 0.29) is 23.9 Å². The van der Waals surface area contributed by atoms with Crippen LogP contribution >= 0.6 is 0 Å². The number of carbonyl (C=O) groups is 4. The first-order valence-corrected chi connectivity index (χ1v) is 13.1. The fourth-order valence-corrected chi connectivity index (χ4v) is 3.84. The number of alkyl halides is 6. The number of benzene rings is 2. The molecule has 11 nitrogen and oxygen atoms in total. The summed E-state index contributed by atoms with van der Waals surface area (Å²) >= 11 is 0. The molecule has 17 heteroatoms. The lowest BCUT2D eigenvalue weighted by Gasteiger charge is -2.26. The van der Waals surface area contributed by atoms with Gasteiger partial charge >= 0.3 is 24.3 Å². The Bertz CT molecular complexity index is 1410. The predicted molar refractivity (Wildman–Crippen MR) is 147 cm³/mol. The highest BCUT2D eigenvalue weighted by molar-refractivity contribution is 5.95. The van der Waals surface area contributed by atoms with E-state index in [9.17, 15) is 35.9 Å². The number of aromatic nitrogens is 2. The highest BCUT2D eigenvalue weighted by Crippen LogP contribution is 2.19. The minimum Gasteiger partial charge on any atom is -0.475 e. The first-order chi connectivity index (χ1) is 21.0. The first-order valence-electron chi connectivity index (χ1n) is 13.1. The standard InChI is InChI=1S/C24H27N5O2.2C2HF3O2/c25-19-9-11-20(12-10-19)28-24(31)18-7-4-8-22(14-18)29-16-21(15-26-29)27-23(30)13-17-5-2-1-3-6-17;2*3-2(4,5)1(6)7/h1-8,14-16,19-20H,9-13,25H2,(H,27,30)(H,28,31);2*(H,6,7). The second-order valence-corrected chi connectivity index (χ2v) is 9.63. The third kappa shape index (κ3) is 13.1. The number of hydrogen-bond donors (Lipinski definition) is 5. The van der Waals surface area contributed by atoms with Gasteiger partial charge in [0.05, 0.1) is 30.2 Å². The third-order valence-electron chi connectivity index (χ3n) is 6.04. The highest BCUT2D eigenvalue weighted by atomic mass is 19.4. The Labute approximate surface area is 252 Å².